The number of rotatable bonds is 2. The lowest BCUT2D eigenvalue weighted by Crippen LogP contribution is -2.47. The second kappa shape index (κ2) is 8.08. The van der Waals surface area contributed by atoms with E-state index in [1.807, 2.05) is 0 Å². The van der Waals surface area contributed by atoms with Gasteiger partial charge in [-0.1, -0.05) is 0 Å². The zero-order valence-electron chi connectivity index (χ0n) is 15.3. The van der Waals surface area contributed by atoms with Crippen LogP contribution in [0.5, 0.6) is 0 Å². The minimum atomic E-state index is -4.51. The molecular formula is C18H22BrF3N2O3. The number of amides is 2. The van der Waals surface area contributed by atoms with Crippen molar-refractivity contribution in [2.45, 2.75) is 51.4 Å². The molecule has 0 aliphatic carbocycles. The molecule has 27 heavy (non-hydrogen) atoms. The number of nitrogens with zero attached hydrogens (tertiary/aromatic N) is 1. The van der Waals surface area contributed by atoms with E-state index in [1.165, 1.54) is 11.0 Å². The smallest absolute Gasteiger partial charge is 0.416 e. The second-order valence-electron chi connectivity index (χ2n) is 7.41. The summed E-state index contributed by atoms with van der Waals surface area (Å²) in [6, 6.07) is 2.87. The van der Waals surface area contributed by atoms with Crippen LogP contribution in [0.15, 0.2) is 22.7 Å². The van der Waals surface area contributed by atoms with Crippen molar-refractivity contribution in [2.24, 2.45) is 0 Å². The maximum Gasteiger partial charge on any atom is 0.416 e. The predicted molar refractivity (Wildman–Crippen MR) is 97.4 cm³/mol. The molecule has 1 saturated heterocycles. The second-order valence-corrected chi connectivity index (χ2v) is 8.26. The van der Waals surface area contributed by atoms with Crippen LogP contribution in [0.3, 0.4) is 0 Å². The molecule has 0 bridgehead atoms. The summed E-state index contributed by atoms with van der Waals surface area (Å²) in [4.78, 5) is 25.9. The average Bonchev–Trinajstić information content (AvgIpc) is 2.52. The van der Waals surface area contributed by atoms with Gasteiger partial charge >= 0.3 is 12.3 Å². The van der Waals surface area contributed by atoms with Gasteiger partial charge in [0.15, 0.2) is 0 Å². The summed E-state index contributed by atoms with van der Waals surface area (Å²) < 4.78 is 44.2. The molecule has 1 aliphatic heterocycles. The van der Waals surface area contributed by atoms with Crippen molar-refractivity contribution >= 4 is 27.9 Å². The fraction of sp³-hybridized carbons (Fsp3) is 0.556. The Labute approximate surface area is 164 Å². The largest absolute Gasteiger partial charge is 0.444 e. The Hall–Kier alpha value is -1.77. The van der Waals surface area contributed by atoms with Crippen molar-refractivity contribution in [1.29, 1.82) is 0 Å². The van der Waals surface area contributed by atoms with Gasteiger partial charge in [-0.2, -0.15) is 13.2 Å². The highest BCUT2D eigenvalue weighted by molar-refractivity contribution is 9.10. The molecule has 2 amide bonds. The van der Waals surface area contributed by atoms with Gasteiger partial charge in [0.25, 0.3) is 5.91 Å². The first kappa shape index (κ1) is 21.5. The van der Waals surface area contributed by atoms with Crippen LogP contribution in [0.2, 0.25) is 0 Å². The van der Waals surface area contributed by atoms with Crippen LogP contribution in [0.4, 0.5) is 18.0 Å². The number of likely N-dealkylation sites (tertiary alicyclic amines) is 1. The summed E-state index contributed by atoms with van der Waals surface area (Å²) in [6.45, 7) is 5.96. The van der Waals surface area contributed by atoms with Gasteiger partial charge in [-0.15, -0.1) is 0 Å². The van der Waals surface area contributed by atoms with Crippen LogP contribution < -0.4 is 5.32 Å². The third kappa shape index (κ3) is 6.12. The molecule has 2 rings (SSSR count). The fourth-order valence-corrected chi connectivity index (χ4v) is 3.15. The molecule has 1 aliphatic rings. The van der Waals surface area contributed by atoms with E-state index in [0.717, 1.165) is 12.1 Å². The summed E-state index contributed by atoms with van der Waals surface area (Å²) in [5.41, 5.74) is -1.49. The number of hydrogen-bond acceptors (Lipinski definition) is 3. The highest BCUT2D eigenvalue weighted by Crippen LogP contribution is 2.32. The van der Waals surface area contributed by atoms with Gasteiger partial charge in [0.2, 0.25) is 0 Å². The van der Waals surface area contributed by atoms with E-state index < -0.39 is 29.3 Å². The molecule has 1 fully saturated rings. The molecule has 5 nitrogen and oxygen atoms in total. The number of ether oxygens (including phenoxy) is 1. The SMILES string of the molecule is CC(C)(C)OC(=O)NC1CCN(C(=O)c2cc(C(F)(F)F)ccc2Br)CC1. The third-order valence-corrected chi connectivity index (χ3v) is 4.72. The maximum atomic E-state index is 12.9. The number of benzene rings is 1. The van der Waals surface area contributed by atoms with E-state index in [9.17, 15) is 22.8 Å². The van der Waals surface area contributed by atoms with Crippen LogP contribution in [0, 0.1) is 0 Å². The molecule has 1 heterocycles. The number of halogens is 4. The van der Waals surface area contributed by atoms with Gasteiger partial charge in [0, 0.05) is 23.6 Å². The van der Waals surface area contributed by atoms with Crippen LogP contribution in [-0.4, -0.2) is 41.6 Å². The van der Waals surface area contributed by atoms with Gasteiger partial charge < -0.3 is 15.0 Å². The van der Waals surface area contributed by atoms with E-state index in [1.54, 1.807) is 20.8 Å². The van der Waals surface area contributed by atoms with Crippen LogP contribution in [0.25, 0.3) is 0 Å². The van der Waals surface area contributed by atoms with Crippen molar-refractivity contribution in [1.82, 2.24) is 10.2 Å². The third-order valence-electron chi connectivity index (χ3n) is 4.03. The average molecular weight is 451 g/mol. The Balaban J connectivity index is 1.98. The van der Waals surface area contributed by atoms with Crippen molar-refractivity contribution in [3.05, 3.63) is 33.8 Å². The molecule has 150 valence electrons. The van der Waals surface area contributed by atoms with E-state index in [2.05, 4.69) is 21.2 Å². The lowest BCUT2D eigenvalue weighted by molar-refractivity contribution is -0.137. The molecule has 0 radical (unpaired) electrons. The monoisotopic (exact) mass is 450 g/mol. The van der Waals surface area contributed by atoms with Crippen molar-refractivity contribution in [3.63, 3.8) is 0 Å². The lowest BCUT2D eigenvalue weighted by atomic mass is 10.0. The molecule has 0 unspecified atom stereocenters. The number of piperidine rings is 1. The molecule has 0 saturated carbocycles. The predicted octanol–water partition coefficient (Wildman–Crippen LogP) is 4.60. The highest BCUT2D eigenvalue weighted by atomic mass is 79.9. The van der Waals surface area contributed by atoms with Crippen LogP contribution in [-0.2, 0) is 10.9 Å². The lowest BCUT2D eigenvalue weighted by Gasteiger charge is -2.33. The van der Waals surface area contributed by atoms with Gasteiger partial charge in [0.1, 0.15) is 5.60 Å². The normalized spacial score (nSPS) is 16.2. The number of carbonyl (C=O) groups excluding carboxylic acids is 2. The Morgan fingerprint density at radius 1 is 1.19 bits per heavy atom. The summed E-state index contributed by atoms with van der Waals surface area (Å²) in [6.07, 6.45) is -4.03. The zero-order valence-corrected chi connectivity index (χ0v) is 16.9. The minimum Gasteiger partial charge on any atom is -0.444 e. The number of alkyl carbamates (subject to hydrolysis) is 1. The fourth-order valence-electron chi connectivity index (χ4n) is 2.74. The van der Waals surface area contributed by atoms with Gasteiger partial charge in [0.05, 0.1) is 11.1 Å². The van der Waals surface area contributed by atoms with Crippen molar-refractivity contribution in [3.8, 4) is 0 Å². The Kier molecular flexibility index (Phi) is 6.44. The first-order chi connectivity index (χ1) is 12.4. The molecule has 1 aromatic carbocycles. The van der Waals surface area contributed by atoms with Gasteiger partial charge in [-0.25, -0.2) is 4.79 Å². The minimum absolute atomic E-state index is 0.0247. The quantitative estimate of drug-likeness (QED) is 0.716. The summed E-state index contributed by atoms with van der Waals surface area (Å²) in [5, 5.41) is 2.76. The molecule has 0 spiro atoms. The first-order valence-electron chi connectivity index (χ1n) is 8.52. The van der Waals surface area contributed by atoms with E-state index in [-0.39, 0.29) is 11.6 Å². The van der Waals surface area contributed by atoms with Crippen LogP contribution >= 0.6 is 15.9 Å². The van der Waals surface area contributed by atoms with E-state index in [4.69, 9.17) is 4.74 Å². The van der Waals surface area contributed by atoms with Gasteiger partial charge in [-0.05, 0) is 67.7 Å². The summed E-state index contributed by atoms with van der Waals surface area (Å²) >= 11 is 3.15. The van der Waals surface area contributed by atoms with E-state index in [0.29, 0.717) is 30.4 Å². The Bertz CT molecular complexity index is 709. The topological polar surface area (TPSA) is 58.6 Å². The van der Waals surface area contributed by atoms with E-state index >= 15 is 0 Å². The maximum absolute atomic E-state index is 12.9. The Morgan fingerprint density at radius 2 is 1.78 bits per heavy atom. The van der Waals surface area contributed by atoms with Crippen molar-refractivity contribution in [2.75, 3.05) is 13.1 Å². The zero-order chi connectivity index (χ0) is 20.4. The number of carbonyl (C=O) groups is 2. The number of hydrogen-bond donors (Lipinski definition) is 1. The first-order valence-corrected chi connectivity index (χ1v) is 9.31. The summed E-state index contributed by atoms with van der Waals surface area (Å²) in [5.74, 6) is -0.469. The molecular weight excluding hydrogens is 429 g/mol. The molecule has 1 N–H and O–H groups in total. The Morgan fingerprint density at radius 3 is 2.30 bits per heavy atom. The number of alkyl halides is 3. The number of nitrogens with one attached hydrogen (secondary N) is 1. The summed E-state index contributed by atoms with van der Waals surface area (Å²) in [7, 11) is 0. The van der Waals surface area contributed by atoms with Gasteiger partial charge in [-0.3, -0.25) is 4.79 Å². The standard InChI is InChI=1S/C18H22BrF3N2O3/c1-17(2,3)27-16(26)23-12-6-8-24(9-7-12)15(25)13-10-11(18(20,21)22)4-5-14(13)19/h4-5,10,12H,6-9H2,1-3H3,(H,23,26). The van der Waals surface area contributed by atoms with Crippen LogP contribution in [0.1, 0.15) is 49.5 Å². The molecule has 0 aromatic heterocycles. The molecule has 1 aromatic rings. The molecule has 9 heteroatoms. The van der Waals surface area contributed by atoms with Crippen molar-refractivity contribution < 1.29 is 27.5 Å². The molecule has 0 atom stereocenters. The highest BCUT2D eigenvalue weighted by Gasteiger charge is 2.33.